The third-order valence-corrected chi connectivity index (χ3v) is 1.95. The molecular weight excluding hydrogens is 463 g/mol. The van der Waals surface area contributed by atoms with Crippen LogP contribution in [-0.2, 0) is 58.6 Å². The van der Waals surface area contributed by atoms with Gasteiger partial charge >= 0.3 is 0 Å². The molecule has 0 spiro atoms. The molecule has 3 nitrogen and oxygen atoms in total. The first kappa shape index (κ1) is 19.4. The van der Waals surface area contributed by atoms with Crippen LogP contribution in [0.4, 0.5) is 5.69 Å². The van der Waals surface area contributed by atoms with Gasteiger partial charge in [0.1, 0.15) is 0 Å². The van der Waals surface area contributed by atoms with E-state index in [2.05, 4.69) is 18.8 Å². The minimum absolute atomic E-state index is 0. The van der Waals surface area contributed by atoms with E-state index in [1.807, 2.05) is 30.3 Å². The molecule has 0 heterocycles. The zero-order valence-electron chi connectivity index (χ0n) is 9.30. The van der Waals surface area contributed by atoms with Gasteiger partial charge in [-0.15, -0.1) is 0 Å². The summed E-state index contributed by atoms with van der Waals surface area (Å²) in [6.07, 6.45) is 0. The van der Waals surface area contributed by atoms with Crippen LogP contribution in [0.25, 0.3) is 0 Å². The number of carbonyl (C=O) groups is 1. The Labute approximate surface area is 141 Å². The third kappa shape index (κ3) is 6.52. The van der Waals surface area contributed by atoms with E-state index in [1.165, 1.54) is 0 Å². The Hall–Kier alpha value is 0.0522. The molecule has 1 aromatic rings. The van der Waals surface area contributed by atoms with Gasteiger partial charge in [0.2, 0.25) is 0 Å². The van der Waals surface area contributed by atoms with Crippen molar-refractivity contribution in [3.8, 4) is 0 Å². The van der Waals surface area contributed by atoms with Gasteiger partial charge < -0.3 is 22.1 Å². The molecule has 17 heavy (non-hydrogen) atoms. The van der Waals surface area contributed by atoms with E-state index >= 15 is 0 Å². The zero-order valence-corrected chi connectivity index (χ0v) is 15.1. The molecule has 0 aliphatic rings. The smallest absolute Gasteiger partial charge is 0.0380 e. The van der Waals surface area contributed by atoms with Crippen LogP contribution in [0.1, 0.15) is 0 Å². The Morgan fingerprint density at radius 2 is 1.94 bits per heavy atom. The largest absolute Gasteiger partial charge is 0.565 e. The van der Waals surface area contributed by atoms with E-state index in [1.54, 1.807) is 0 Å². The van der Waals surface area contributed by atoms with Gasteiger partial charge in [-0.05, 0) is 23.6 Å². The Morgan fingerprint density at radius 1 is 1.41 bits per heavy atom. The van der Waals surface area contributed by atoms with E-state index in [9.17, 15) is 4.79 Å². The second-order valence-corrected chi connectivity index (χ2v) is 3.11. The number of aliphatic hydroxyl groups is 1. The summed E-state index contributed by atoms with van der Waals surface area (Å²) in [5.74, 6) is -1.17. The summed E-state index contributed by atoms with van der Waals surface area (Å²) in [6, 6.07) is 9.29. The molecular formula is C12H13NO2WY-2. The maximum Gasteiger partial charge on any atom is 0.0380 e. The van der Waals surface area contributed by atoms with E-state index in [0.29, 0.717) is 5.70 Å². The number of benzene rings is 1. The number of Topliss-reactive ketones (excluding diaryl/α,β-unsaturated/α-hetero) is 1. The summed E-state index contributed by atoms with van der Waals surface area (Å²) in [4.78, 5) is 11.0. The van der Waals surface area contributed by atoms with Crippen LogP contribution < -0.4 is 5.32 Å². The Morgan fingerprint density at radius 3 is 2.35 bits per heavy atom. The van der Waals surface area contributed by atoms with E-state index in [-0.39, 0.29) is 53.8 Å². The number of anilines is 1. The monoisotopic (exact) mass is 476 g/mol. The van der Waals surface area contributed by atoms with Crippen LogP contribution in [0.5, 0.6) is 0 Å². The van der Waals surface area contributed by atoms with Gasteiger partial charge in [-0.1, -0.05) is 30.7 Å². The van der Waals surface area contributed by atoms with Crippen LogP contribution in [-0.4, -0.2) is 10.9 Å². The average Bonchev–Trinajstić information content (AvgIpc) is 2.19. The predicted octanol–water partition coefficient (Wildman–Crippen LogP) is 2.16. The van der Waals surface area contributed by atoms with E-state index in [0.717, 1.165) is 12.3 Å². The number of nitrogens with one attached hydrogen (secondary N) is 1. The molecule has 0 aliphatic carbocycles. The van der Waals surface area contributed by atoms with Crippen LogP contribution >= 0.6 is 0 Å². The molecule has 0 saturated carbocycles. The summed E-state index contributed by atoms with van der Waals surface area (Å²) >= 11 is 0. The Kier molecular flexibility index (Phi) is 11.4. The van der Waals surface area contributed by atoms with Crippen LogP contribution in [0.2, 0.25) is 0 Å². The SMILES string of the molecule is C=C(Nc1ccccc1)C([CH-]O)C([CH2-])=O.[W].[Y]. The quantitative estimate of drug-likeness (QED) is 0.642. The number of aliphatic hydroxyl groups excluding tert-OH is 1. The Bertz CT molecular complexity index is 357. The van der Waals surface area contributed by atoms with Crippen molar-refractivity contribution in [1.82, 2.24) is 0 Å². The molecule has 0 aromatic heterocycles. The number of ketones is 1. The van der Waals surface area contributed by atoms with Crippen molar-refractivity contribution < 1.29 is 63.7 Å². The van der Waals surface area contributed by atoms with Crippen molar-refractivity contribution >= 4 is 11.5 Å². The molecule has 1 radical (unpaired) electrons. The molecule has 1 atom stereocenters. The Balaban J connectivity index is 0. The normalized spacial score (nSPS) is 10.4. The molecule has 89 valence electrons. The summed E-state index contributed by atoms with van der Waals surface area (Å²) in [6.45, 7) is 7.71. The van der Waals surface area contributed by atoms with Crippen LogP contribution in [0.3, 0.4) is 0 Å². The van der Waals surface area contributed by atoms with Crippen LogP contribution in [0.15, 0.2) is 42.6 Å². The fourth-order valence-electron chi connectivity index (χ4n) is 1.15. The van der Waals surface area contributed by atoms with Crippen molar-refractivity contribution in [3.05, 3.63) is 56.1 Å². The van der Waals surface area contributed by atoms with Gasteiger partial charge in [0.15, 0.2) is 0 Å². The maximum atomic E-state index is 11.0. The van der Waals surface area contributed by atoms with Gasteiger partial charge in [0, 0.05) is 59.5 Å². The van der Waals surface area contributed by atoms with Gasteiger partial charge in [0.05, 0.1) is 0 Å². The molecule has 0 amide bonds. The number of hydrogen-bond donors (Lipinski definition) is 2. The maximum absolute atomic E-state index is 11.0. The van der Waals surface area contributed by atoms with Crippen molar-refractivity contribution in [2.24, 2.45) is 5.92 Å². The van der Waals surface area contributed by atoms with Crippen molar-refractivity contribution in [2.75, 3.05) is 5.32 Å². The minimum atomic E-state index is -0.773. The molecule has 1 aromatic carbocycles. The first-order valence-corrected chi connectivity index (χ1v) is 4.49. The standard InChI is InChI=1S/C12H13NO2.W.Y/c1-9(12(8-14)10(2)15)13-11-6-4-3-5-7-11;;/h3-8,12-14H,1-2H2;;/q-2;;. The molecule has 0 aliphatic heterocycles. The van der Waals surface area contributed by atoms with Crippen LogP contribution in [0, 0.1) is 19.4 Å². The summed E-state index contributed by atoms with van der Waals surface area (Å²) in [7, 11) is 0. The number of para-hydroxylation sites is 1. The second-order valence-electron chi connectivity index (χ2n) is 3.11. The summed E-state index contributed by atoms with van der Waals surface area (Å²) in [5, 5.41) is 11.8. The van der Waals surface area contributed by atoms with E-state index < -0.39 is 11.7 Å². The van der Waals surface area contributed by atoms with Gasteiger partial charge in [-0.25, -0.2) is 6.61 Å². The molecule has 1 unspecified atom stereocenters. The van der Waals surface area contributed by atoms with E-state index in [4.69, 9.17) is 5.11 Å². The van der Waals surface area contributed by atoms with Gasteiger partial charge in [0.25, 0.3) is 0 Å². The molecule has 2 N–H and O–H groups in total. The molecule has 0 bridgehead atoms. The number of rotatable bonds is 5. The van der Waals surface area contributed by atoms with Crippen molar-refractivity contribution in [2.45, 2.75) is 0 Å². The first-order chi connectivity index (χ1) is 7.15. The molecule has 0 saturated heterocycles. The van der Waals surface area contributed by atoms with Gasteiger partial charge in [-0.3, -0.25) is 0 Å². The number of hydrogen-bond acceptors (Lipinski definition) is 3. The average molecular weight is 476 g/mol. The first-order valence-electron chi connectivity index (χ1n) is 4.49. The molecule has 0 fully saturated rings. The van der Waals surface area contributed by atoms with Gasteiger partial charge in [-0.2, -0.15) is 0 Å². The van der Waals surface area contributed by atoms with Crippen molar-refractivity contribution in [1.29, 1.82) is 0 Å². The third-order valence-electron chi connectivity index (χ3n) is 1.95. The zero-order chi connectivity index (χ0) is 11.3. The second kappa shape index (κ2) is 10.0. The fraction of sp³-hybridized carbons (Fsp3) is 0.0833. The minimum Gasteiger partial charge on any atom is -0.565 e. The summed E-state index contributed by atoms with van der Waals surface area (Å²) in [5.41, 5.74) is 1.22. The molecule has 5 heteroatoms. The summed E-state index contributed by atoms with van der Waals surface area (Å²) < 4.78 is 0. The van der Waals surface area contributed by atoms with Crippen molar-refractivity contribution in [3.63, 3.8) is 0 Å². The number of carbonyl (C=O) groups excluding carboxylic acids is 1. The fourth-order valence-corrected chi connectivity index (χ4v) is 1.15. The predicted molar refractivity (Wildman–Crippen MR) is 59.3 cm³/mol. The topological polar surface area (TPSA) is 49.3 Å². The molecule has 1 rings (SSSR count).